The number of carbonyl (C=O) groups excluding carboxylic acids is 1. The molecule has 0 aromatic heterocycles. The van der Waals surface area contributed by atoms with E-state index >= 15 is 0 Å². The van der Waals surface area contributed by atoms with Crippen LogP contribution in [0.5, 0.6) is 0 Å². The van der Waals surface area contributed by atoms with Crippen molar-refractivity contribution in [2.24, 2.45) is 11.8 Å². The molecule has 28 heavy (non-hydrogen) atoms. The van der Waals surface area contributed by atoms with Crippen LogP contribution in [0.15, 0.2) is 29.2 Å². The third-order valence-electron chi connectivity index (χ3n) is 5.47. The van der Waals surface area contributed by atoms with Crippen LogP contribution in [0.2, 0.25) is 5.02 Å². The second-order valence-corrected chi connectivity index (χ2v) is 9.66. The summed E-state index contributed by atoms with van der Waals surface area (Å²) in [4.78, 5) is 14.2. The minimum absolute atomic E-state index is 0.0684. The number of piperazine rings is 1. The highest BCUT2D eigenvalue weighted by Crippen LogP contribution is 2.40. The number of rotatable bonds is 3. The topological polar surface area (TPSA) is 57.7 Å². The van der Waals surface area contributed by atoms with Gasteiger partial charge >= 0.3 is 6.18 Å². The van der Waals surface area contributed by atoms with Gasteiger partial charge in [0.05, 0.1) is 10.8 Å². The van der Waals surface area contributed by atoms with Crippen LogP contribution in [0.1, 0.15) is 25.7 Å². The Kier molecular flexibility index (Phi) is 6.26. The lowest BCUT2D eigenvalue weighted by atomic mass is 9.80. The number of hydrogen-bond acceptors (Lipinski definition) is 3. The predicted molar refractivity (Wildman–Crippen MR) is 98.3 cm³/mol. The van der Waals surface area contributed by atoms with Crippen LogP contribution in [-0.2, 0) is 14.8 Å². The highest BCUT2D eigenvalue weighted by Gasteiger charge is 2.44. The van der Waals surface area contributed by atoms with Crippen molar-refractivity contribution in [2.75, 3.05) is 26.2 Å². The number of nitrogens with zero attached hydrogens (tertiary/aromatic N) is 2. The molecule has 0 unspecified atom stereocenters. The number of alkyl halides is 3. The smallest absolute Gasteiger partial charge is 0.340 e. The molecule has 1 aliphatic heterocycles. The second kappa shape index (κ2) is 8.20. The Morgan fingerprint density at radius 3 is 2.39 bits per heavy atom. The monoisotopic (exact) mass is 438 g/mol. The standard InChI is InChI=1S/C18H22ClF3N2O3S/c19-15-5-2-6-16(12-15)28(26,27)24-9-7-23(8-10-24)17(25)13-3-1-4-14(11-13)18(20,21)22/h2,5-6,12-14H,1,3-4,7-11H2/t13-,14+/m1/s1. The van der Waals surface area contributed by atoms with Crippen molar-refractivity contribution in [3.63, 3.8) is 0 Å². The molecule has 5 nitrogen and oxygen atoms in total. The third kappa shape index (κ3) is 4.63. The zero-order valence-corrected chi connectivity index (χ0v) is 16.7. The molecule has 10 heteroatoms. The van der Waals surface area contributed by atoms with Crippen molar-refractivity contribution >= 4 is 27.5 Å². The van der Waals surface area contributed by atoms with Crippen LogP contribution in [0.4, 0.5) is 13.2 Å². The molecule has 156 valence electrons. The number of halogens is 4. The van der Waals surface area contributed by atoms with Gasteiger partial charge in [0.2, 0.25) is 15.9 Å². The van der Waals surface area contributed by atoms with E-state index in [1.165, 1.54) is 21.3 Å². The van der Waals surface area contributed by atoms with E-state index in [1.807, 2.05) is 0 Å². The van der Waals surface area contributed by atoms with E-state index in [4.69, 9.17) is 11.6 Å². The first-order valence-electron chi connectivity index (χ1n) is 9.20. The molecule has 0 N–H and O–H groups in total. The zero-order chi connectivity index (χ0) is 20.5. The lowest BCUT2D eigenvalue weighted by Gasteiger charge is -2.38. The first-order valence-corrected chi connectivity index (χ1v) is 11.0. The van der Waals surface area contributed by atoms with Gasteiger partial charge in [0, 0.05) is 37.1 Å². The summed E-state index contributed by atoms with van der Waals surface area (Å²) in [5.41, 5.74) is 0. The van der Waals surface area contributed by atoms with Gasteiger partial charge in [0.25, 0.3) is 0 Å². The van der Waals surface area contributed by atoms with Crippen LogP contribution in [-0.4, -0.2) is 55.9 Å². The van der Waals surface area contributed by atoms with Crippen LogP contribution in [0, 0.1) is 11.8 Å². The summed E-state index contributed by atoms with van der Waals surface area (Å²) in [5.74, 6) is -2.37. The van der Waals surface area contributed by atoms with Crippen molar-refractivity contribution in [3.05, 3.63) is 29.3 Å². The van der Waals surface area contributed by atoms with E-state index in [-0.39, 0.29) is 49.8 Å². The van der Waals surface area contributed by atoms with E-state index in [2.05, 4.69) is 0 Å². The normalized spacial score (nSPS) is 24.9. The van der Waals surface area contributed by atoms with Crippen LogP contribution in [0.25, 0.3) is 0 Å². The number of benzene rings is 1. The molecule has 1 saturated heterocycles. The molecule has 2 aliphatic rings. The van der Waals surface area contributed by atoms with Crippen molar-refractivity contribution in [2.45, 2.75) is 36.8 Å². The summed E-state index contributed by atoms with van der Waals surface area (Å²) >= 11 is 5.87. The Hall–Kier alpha value is -1.32. The summed E-state index contributed by atoms with van der Waals surface area (Å²) in [6.07, 6.45) is -3.55. The predicted octanol–water partition coefficient (Wildman–Crippen LogP) is 3.54. The molecule has 1 aromatic rings. The van der Waals surface area contributed by atoms with Crippen LogP contribution in [0.3, 0.4) is 0 Å². The van der Waals surface area contributed by atoms with Crippen molar-refractivity contribution in [3.8, 4) is 0 Å². The maximum absolute atomic E-state index is 13.0. The summed E-state index contributed by atoms with van der Waals surface area (Å²) in [6.45, 7) is 0.559. The minimum atomic E-state index is -4.28. The number of sulfonamides is 1. The molecular formula is C18H22ClF3N2O3S. The molecular weight excluding hydrogens is 417 g/mol. The summed E-state index contributed by atoms with van der Waals surface area (Å²) in [5, 5.41) is 0.311. The maximum atomic E-state index is 13.0. The fourth-order valence-corrected chi connectivity index (χ4v) is 5.62. The van der Waals surface area contributed by atoms with Gasteiger partial charge in [0.1, 0.15) is 0 Å². The van der Waals surface area contributed by atoms with E-state index in [0.29, 0.717) is 17.9 Å². The number of carbonyl (C=O) groups is 1. The SMILES string of the molecule is O=C([C@@H]1CCC[C@H](C(F)(F)F)C1)N1CCN(S(=O)(=O)c2cccc(Cl)c2)CC1. The summed E-state index contributed by atoms with van der Waals surface area (Å²) < 4.78 is 65.7. The Morgan fingerprint density at radius 1 is 1.11 bits per heavy atom. The van der Waals surface area contributed by atoms with Crippen molar-refractivity contribution in [1.29, 1.82) is 0 Å². The Labute approximate surface area is 167 Å². The van der Waals surface area contributed by atoms with E-state index in [1.54, 1.807) is 12.1 Å². The van der Waals surface area contributed by atoms with Gasteiger partial charge in [-0.2, -0.15) is 17.5 Å². The first-order chi connectivity index (χ1) is 13.1. The first kappa shape index (κ1) is 21.4. The quantitative estimate of drug-likeness (QED) is 0.725. The minimum Gasteiger partial charge on any atom is -0.340 e. The number of hydrogen-bond donors (Lipinski definition) is 0. The largest absolute Gasteiger partial charge is 0.391 e. The molecule has 1 heterocycles. The van der Waals surface area contributed by atoms with Crippen LogP contribution >= 0.6 is 11.6 Å². The maximum Gasteiger partial charge on any atom is 0.391 e. The fourth-order valence-electron chi connectivity index (χ4n) is 3.89. The van der Waals surface area contributed by atoms with Crippen molar-refractivity contribution in [1.82, 2.24) is 9.21 Å². The molecule has 2 fully saturated rings. The van der Waals surface area contributed by atoms with Gasteiger partial charge < -0.3 is 4.90 Å². The van der Waals surface area contributed by atoms with Gasteiger partial charge in [-0.05, 0) is 37.5 Å². The second-order valence-electron chi connectivity index (χ2n) is 7.29. The lowest BCUT2D eigenvalue weighted by Crippen LogP contribution is -2.52. The highest BCUT2D eigenvalue weighted by atomic mass is 35.5. The molecule has 1 aliphatic carbocycles. The Bertz CT molecular complexity index is 824. The fraction of sp³-hybridized carbons (Fsp3) is 0.611. The molecule has 0 bridgehead atoms. The van der Waals surface area contributed by atoms with Gasteiger partial charge in [-0.1, -0.05) is 24.1 Å². The molecule has 0 radical (unpaired) electrons. The molecule has 1 aromatic carbocycles. The average Bonchev–Trinajstić information content (AvgIpc) is 2.67. The molecule has 1 saturated carbocycles. The molecule has 1 amide bonds. The van der Waals surface area contributed by atoms with Gasteiger partial charge in [0.15, 0.2) is 0 Å². The average molecular weight is 439 g/mol. The Balaban J connectivity index is 1.61. The Morgan fingerprint density at radius 2 is 1.79 bits per heavy atom. The van der Waals surface area contributed by atoms with Gasteiger partial charge in [-0.15, -0.1) is 0 Å². The molecule has 0 spiro atoms. The summed E-state index contributed by atoms with van der Waals surface area (Å²) in [7, 11) is -3.72. The lowest BCUT2D eigenvalue weighted by molar-refractivity contribution is -0.187. The summed E-state index contributed by atoms with van der Waals surface area (Å²) in [6, 6.07) is 5.95. The van der Waals surface area contributed by atoms with Gasteiger partial charge in [-0.3, -0.25) is 4.79 Å². The van der Waals surface area contributed by atoms with E-state index in [9.17, 15) is 26.4 Å². The highest BCUT2D eigenvalue weighted by molar-refractivity contribution is 7.89. The molecule has 2 atom stereocenters. The van der Waals surface area contributed by atoms with E-state index < -0.39 is 28.0 Å². The van der Waals surface area contributed by atoms with Gasteiger partial charge in [-0.25, -0.2) is 8.42 Å². The van der Waals surface area contributed by atoms with Crippen LogP contribution < -0.4 is 0 Å². The molecule has 3 rings (SSSR count). The third-order valence-corrected chi connectivity index (χ3v) is 7.60. The van der Waals surface area contributed by atoms with E-state index in [0.717, 1.165) is 0 Å². The zero-order valence-electron chi connectivity index (χ0n) is 15.2. The van der Waals surface area contributed by atoms with Crippen molar-refractivity contribution < 1.29 is 26.4 Å². The number of amides is 1.